The number of nitrogens with one attached hydrogen (secondary N) is 1. The lowest BCUT2D eigenvalue weighted by Crippen LogP contribution is -2.35. The van der Waals surface area contributed by atoms with E-state index < -0.39 is 0 Å². The number of thiophene rings is 1. The molecule has 118 valence electrons. The van der Waals surface area contributed by atoms with Crippen molar-refractivity contribution in [1.82, 2.24) is 15.3 Å². The molecular formula is C15H18ClN3O2S. The van der Waals surface area contributed by atoms with Crippen LogP contribution in [0.15, 0.2) is 6.33 Å². The number of aryl methyl sites for hydroxylation is 1. The third kappa shape index (κ3) is 3.24. The number of esters is 1. The average Bonchev–Trinajstić information content (AvgIpc) is 2.86. The van der Waals surface area contributed by atoms with Crippen LogP contribution in [0.25, 0.3) is 10.2 Å². The normalized spacial score (nSPS) is 17.5. The van der Waals surface area contributed by atoms with Crippen molar-refractivity contribution >= 4 is 39.1 Å². The van der Waals surface area contributed by atoms with Crippen molar-refractivity contribution in [2.45, 2.75) is 38.6 Å². The molecule has 3 rings (SSSR count). The highest BCUT2D eigenvalue weighted by Gasteiger charge is 2.24. The number of carbonyl (C=O) groups is 1. The zero-order valence-electron chi connectivity index (χ0n) is 12.4. The molecule has 2 aromatic rings. The molecule has 1 atom stereocenters. The summed E-state index contributed by atoms with van der Waals surface area (Å²) in [7, 11) is 0. The summed E-state index contributed by atoms with van der Waals surface area (Å²) in [6.45, 7) is 2.92. The first-order valence-electron chi connectivity index (χ1n) is 7.48. The number of hydrogen-bond donors (Lipinski definition) is 1. The summed E-state index contributed by atoms with van der Waals surface area (Å²) < 4.78 is 4.93. The Kier molecular flexibility index (Phi) is 4.90. The van der Waals surface area contributed by atoms with E-state index in [2.05, 4.69) is 15.3 Å². The predicted octanol–water partition coefficient (Wildman–Crippen LogP) is 2.74. The first kappa shape index (κ1) is 15.6. The van der Waals surface area contributed by atoms with Gasteiger partial charge in [0.2, 0.25) is 0 Å². The molecule has 2 heterocycles. The number of fused-ring (bicyclic) bond motifs is 3. The van der Waals surface area contributed by atoms with Gasteiger partial charge in [0.05, 0.1) is 18.4 Å². The zero-order chi connectivity index (χ0) is 15.5. The first-order chi connectivity index (χ1) is 10.7. The predicted molar refractivity (Wildman–Crippen MR) is 87.5 cm³/mol. The third-order valence-corrected chi connectivity index (χ3v) is 5.32. The van der Waals surface area contributed by atoms with Crippen molar-refractivity contribution in [3.8, 4) is 0 Å². The van der Waals surface area contributed by atoms with Gasteiger partial charge in [-0.1, -0.05) is 11.6 Å². The standard InChI is InChI=1S/C15H18ClN3O2S/c1-2-21-12(20)5-6-17-9-3-4-10-11(7-9)22-15-13(10)14(16)18-8-19-15/h8-9,17H,2-7H2,1H3. The minimum Gasteiger partial charge on any atom is -0.466 e. The van der Waals surface area contributed by atoms with Gasteiger partial charge in [-0.3, -0.25) is 4.79 Å². The largest absolute Gasteiger partial charge is 0.466 e. The zero-order valence-corrected chi connectivity index (χ0v) is 14.0. The van der Waals surface area contributed by atoms with E-state index in [4.69, 9.17) is 16.3 Å². The van der Waals surface area contributed by atoms with Crippen LogP contribution in [-0.2, 0) is 22.4 Å². The van der Waals surface area contributed by atoms with Crippen LogP contribution in [0.1, 0.15) is 30.2 Å². The molecule has 1 unspecified atom stereocenters. The maximum absolute atomic E-state index is 11.3. The molecule has 1 N–H and O–H groups in total. The Labute approximate surface area is 138 Å². The molecule has 2 aromatic heterocycles. The lowest BCUT2D eigenvalue weighted by molar-refractivity contribution is -0.143. The fourth-order valence-electron chi connectivity index (χ4n) is 2.86. The second-order valence-electron chi connectivity index (χ2n) is 5.30. The SMILES string of the molecule is CCOC(=O)CCNC1CCc2c(sc3ncnc(Cl)c23)C1. The van der Waals surface area contributed by atoms with E-state index in [1.807, 2.05) is 6.92 Å². The molecule has 0 saturated heterocycles. The van der Waals surface area contributed by atoms with Crippen LogP contribution in [0.4, 0.5) is 0 Å². The van der Waals surface area contributed by atoms with Gasteiger partial charge in [0.15, 0.2) is 0 Å². The molecule has 0 bridgehead atoms. The molecule has 0 aliphatic heterocycles. The van der Waals surface area contributed by atoms with Crippen LogP contribution in [0, 0.1) is 0 Å². The number of nitrogens with zero attached hydrogens (tertiary/aromatic N) is 2. The molecule has 0 saturated carbocycles. The van der Waals surface area contributed by atoms with E-state index >= 15 is 0 Å². The van der Waals surface area contributed by atoms with Crippen LogP contribution < -0.4 is 5.32 Å². The van der Waals surface area contributed by atoms with Gasteiger partial charge in [-0.2, -0.15) is 0 Å². The quantitative estimate of drug-likeness (QED) is 0.670. The third-order valence-electron chi connectivity index (χ3n) is 3.87. The van der Waals surface area contributed by atoms with Gasteiger partial charge in [-0.25, -0.2) is 9.97 Å². The van der Waals surface area contributed by atoms with Crippen molar-refractivity contribution in [3.05, 3.63) is 21.9 Å². The highest BCUT2D eigenvalue weighted by molar-refractivity contribution is 7.19. The van der Waals surface area contributed by atoms with Gasteiger partial charge in [0, 0.05) is 17.5 Å². The maximum atomic E-state index is 11.3. The van der Waals surface area contributed by atoms with Crippen molar-refractivity contribution in [2.24, 2.45) is 0 Å². The van der Waals surface area contributed by atoms with Gasteiger partial charge in [0.25, 0.3) is 0 Å². The number of hydrogen-bond acceptors (Lipinski definition) is 6. The maximum Gasteiger partial charge on any atom is 0.307 e. The Morgan fingerprint density at radius 3 is 3.23 bits per heavy atom. The summed E-state index contributed by atoms with van der Waals surface area (Å²) in [5.74, 6) is -0.143. The molecule has 0 amide bonds. The van der Waals surface area contributed by atoms with Crippen molar-refractivity contribution in [3.63, 3.8) is 0 Å². The molecule has 7 heteroatoms. The van der Waals surface area contributed by atoms with Crippen LogP contribution in [0.5, 0.6) is 0 Å². The number of carbonyl (C=O) groups excluding carboxylic acids is 1. The van der Waals surface area contributed by atoms with E-state index in [1.165, 1.54) is 16.8 Å². The highest BCUT2D eigenvalue weighted by Crippen LogP contribution is 2.37. The average molecular weight is 340 g/mol. The summed E-state index contributed by atoms with van der Waals surface area (Å²) >= 11 is 7.91. The van der Waals surface area contributed by atoms with Crippen LogP contribution >= 0.6 is 22.9 Å². The molecule has 1 aliphatic carbocycles. The second-order valence-corrected chi connectivity index (χ2v) is 6.74. The van der Waals surface area contributed by atoms with Crippen LogP contribution in [0.2, 0.25) is 5.15 Å². The molecule has 0 fully saturated rings. The first-order valence-corrected chi connectivity index (χ1v) is 8.68. The highest BCUT2D eigenvalue weighted by atomic mass is 35.5. The fourth-order valence-corrected chi connectivity index (χ4v) is 4.43. The lowest BCUT2D eigenvalue weighted by atomic mass is 9.93. The van der Waals surface area contributed by atoms with Gasteiger partial charge < -0.3 is 10.1 Å². The number of rotatable bonds is 5. The Hall–Kier alpha value is -1.24. The minimum absolute atomic E-state index is 0.143. The molecule has 5 nitrogen and oxygen atoms in total. The fraction of sp³-hybridized carbons (Fsp3) is 0.533. The van der Waals surface area contributed by atoms with E-state index in [-0.39, 0.29) is 5.97 Å². The topological polar surface area (TPSA) is 64.1 Å². The van der Waals surface area contributed by atoms with Gasteiger partial charge in [-0.05, 0) is 31.7 Å². The Morgan fingerprint density at radius 2 is 2.41 bits per heavy atom. The Bertz CT molecular complexity index is 689. The van der Waals surface area contributed by atoms with Crippen molar-refractivity contribution in [1.29, 1.82) is 0 Å². The molecule has 0 radical (unpaired) electrons. The number of ether oxygens (including phenoxy) is 1. The Balaban J connectivity index is 1.63. The van der Waals surface area contributed by atoms with Crippen molar-refractivity contribution < 1.29 is 9.53 Å². The van der Waals surface area contributed by atoms with E-state index in [0.29, 0.717) is 30.8 Å². The van der Waals surface area contributed by atoms with Gasteiger partial charge in [-0.15, -0.1) is 11.3 Å². The summed E-state index contributed by atoms with van der Waals surface area (Å²) in [5.41, 5.74) is 1.30. The molecule has 22 heavy (non-hydrogen) atoms. The summed E-state index contributed by atoms with van der Waals surface area (Å²) in [4.78, 5) is 22.1. The van der Waals surface area contributed by atoms with Gasteiger partial charge in [0.1, 0.15) is 16.3 Å². The van der Waals surface area contributed by atoms with E-state index in [9.17, 15) is 4.79 Å². The minimum atomic E-state index is -0.143. The van der Waals surface area contributed by atoms with Crippen molar-refractivity contribution in [2.75, 3.05) is 13.2 Å². The second kappa shape index (κ2) is 6.89. The number of aromatic nitrogens is 2. The van der Waals surface area contributed by atoms with Crippen LogP contribution in [-0.4, -0.2) is 35.1 Å². The summed E-state index contributed by atoms with van der Waals surface area (Å²) in [6, 6.07) is 0.390. The smallest absolute Gasteiger partial charge is 0.307 e. The molecule has 0 spiro atoms. The molecular weight excluding hydrogens is 322 g/mol. The number of halogens is 1. The Morgan fingerprint density at radius 1 is 1.55 bits per heavy atom. The lowest BCUT2D eigenvalue weighted by Gasteiger charge is -2.23. The summed E-state index contributed by atoms with van der Waals surface area (Å²) in [5, 5.41) is 5.02. The molecule has 0 aromatic carbocycles. The molecule has 1 aliphatic rings. The van der Waals surface area contributed by atoms with E-state index in [0.717, 1.165) is 29.5 Å². The van der Waals surface area contributed by atoms with E-state index in [1.54, 1.807) is 11.3 Å². The monoisotopic (exact) mass is 339 g/mol. The summed E-state index contributed by atoms with van der Waals surface area (Å²) in [6.07, 6.45) is 4.89. The van der Waals surface area contributed by atoms with Crippen LogP contribution in [0.3, 0.4) is 0 Å². The van der Waals surface area contributed by atoms with Gasteiger partial charge >= 0.3 is 5.97 Å².